The number of nitrogens with one attached hydrogen (secondary N) is 1. The van der Waals surface area contributed by atoms with Crippen LogP contribution in [0.25, 0.3) is 0 Å². The average molecular weight is 342 g/mol. The van der Waals surface area contributed by atoms with E-state index >= 15 is 0 Å². The highest BCUT2D eigenvalue weighted by molar-refractivity contribution is 7.11. The molecule has 1 aliphatic rings. The zero-order valence-electron chi connectivity index (χ0n) is 13.4. The molecule has 3 rings (SSSR count). The normalized spacial score (nSPS) is 14.3. The quantitative estimate of drug-likeness (QED) is 0.850. The minimum atomic E-state index is -0.138. The molecule has 0 unspecified atom stereocenters. The lowest BCUT2D eigenvalue weighted by atomic mass is 10.1. The first-order valence-corrected chi connectivity index (χ1v) is 8.60. The second-order valence-corrected chi connectivity index (χ2v) is 7.14. The van der Waals surface area contributed by atoms with Gasteiger partial charge in [0.2, 0.25) is 11.8 Å². The van der Waals surface area contributed by atoms with Crippen LogP contribution in [0.2, 0.25) is 0 Å². The highest BCUT2D eigenvalue weighted by Gasteiger charge is 2.28. The summed E-state index contributed by atoms with van der Waals surface area (Å²) in [4.78, 5) is 39.0. The molecule has 6 heteroatoms. The predicted octanol–water partition coefficient (Wildman–Crippen LogP) is 2.64. The van der Waals surface area contributed by atoms with E-state index in [1.54, 1.807) is 35.6 Å². The summed E-state index contributed by atoms with van der Waals surface area (Å²) in [5.41, 5.74) is 1.40. The van der Waals surface area contributed by atoms with Crippen LogP contribution in [0, 0.1) is 6.92 Å². The number of amides is 3. The summed E-state index contributed by atoms with van der Waals surface area (Å²) >= 11 is 1.66. The van der Waals surface area contributed by atoms with Crippen LogP contribution in [0.4, 0.5) is 0 Å². The maximum Gasteiger partial charge on any atom is 0.251 e. The number of imide groups is 1. The monoisotopic (exact) mass is 342 g/mol. The Morgan fingerprint density at radius 2 is 1.75 bits per heavy atom. The number of nitrogens with zero attached hydrogens (tertiary/aromatic N) is 1. The topological polar surface area (TPSA) is 66.5 Å². The van der Waals surface area contributed by atoms with Crippen molar-refractivity contribution in [3.8, 4) is 0 Å². The van der Waals surface area contributed by atoms with Gasteiger partial charge in [-0.15, -0.1) is 11.3 Å². The molecule has 1 saturated heterocycles. The van der Waals surface area contributed by atoms with Gasteiger partial charge in [-0.2, -0.15) is 0 Å². The van der Waals surface area contributed by atoms with Gasteiger partial charge in [-0.3, -0.25) is 19.3 Å². The molecule has 1 aromatic carbocycles. The van der Waals surface area contributed by atoms with Gasteiger partial charge in [0.05, 0.1) is 13.1 Å². The summed E-state index contributed by atoms with van der Waals surface area (Å²) in [6, 6.07) is 11.0. The maximum atomic E-state index is 12.2. The Balaban J connectivity index is 1.58. The molecule has 1 aromatic heterocycles. The number of hydrogen-bond donors (Lipinski definition) is 1. The summed E-state index contributed by atoms with van der Waals surface area (Å²) in [7, 11) is 0. The van der Waals surface area contributed by atoms with Crippen LogP contribution in [0.15, 0.2) is 36.4 Å². The highest BCUT2D eigenvalue weighted by Crippen LogP contribution is 2.17. The third-order valence-electron chi connectivity index (χ3n) is 3.93. The molecule has 1 N–H and O–H groups in total. The molecule has 1 aliphatic heterocycles. The number of rotatable bonds is 5. The van der Waals surface area contributed by atoms with Crippen LogP contribution in [0.1, 0.15) is 38.5 Å². The fraction of sp³-hybridized carbons (Fsp3) is 0.278. The fourth-order valence-corrected chi connectivity index (χ4v) is 3.42. The van der Waals surface area contributed by atoms with Gasteiger partial charge in [-0.05, 0) is 36.8 Å². The van der Waals surface area contributed by atoms with Crippen LogP contribution in [-0.4, -0.2) is 22.6 Å². The molecule has 2 aromatic rings. The number of hydrogen-bond acceptors (Lipinski definition) is 4. The molecule has 0 atom stereocenters. The van der Waals surface area contributed by atoms with Gasteiger partial charge in [0, 0.05) is 28.2 Å². The Morgan fingerprint density at radius 3 is 2.33 bits per heavy atom. The first kappa shape index (κ1) is 16.4. The van der Waals surface area contributed by atoms with E-state index < -0.39 is 0 Å². The summed E-state index contributed by atoms with van der Waals surface area (Å²) < 4.78 is 0. The van der Waals surface area contributed by atoms with Crippen molar-refractivity contribution in [2.75, 3.05) is 0 Å². The van der Waals surface area contributed by atoms with E-state index in [2.05, 4.69) is 5.32 Å². The second kappa shape index (κ2) is 6.97. The zero-order valence-corrected chi connectivity index (χ0v) is 14.2. The predicted molar refractivity (Wildman–Crippen MR) is 91.5 cm³/mol. The van der Waals surface area contributed by atoms with E-state index in [1.807, 2.05) is 19.1 Å². The van der Waals surface area contributed by atoms with Crippen LogP contribution in [-0.2, 0) is 22.7 Å². The number of benzene rings is 1. The first-order chi connectivity index (χ1) is 11.5. The molecular weight excluding hydrogens is 324 g/mol. The van der Waals surface area contributed by atoms with Gasteiger partial charge in [0.25, 0.3) is 5.91 Å². The lowest BCUT2D eigenvalue weighted by molar-refractivity contribution is -0.139. The molecule has 0 radical (unpaired) electrons. The molecule has 3 amide bonds. The molecule has 1 fully saturated rings. The van der Waals surface area contributed by atoms with Gasteiger partial charge in [-0.1, -0.05) is 12.1 Å². The average Bonchev–Trinajstić information content (AvgIpc) is 3.13. The molecule has 24 heavy (non-hydrogen) atoms. The number of carbonyl (C=O) groups is 3. The standard InChI is InChI=1S/C18H18N2O3S/c1-12-2-7-15(24-12)10-19-18(23)14-5-3-13(4-6-14)11-20-16(21)8-9-17(20)22/h2-7H,8-11H2,1H3,(H,19,23). The molecule has 0 aliphatic carbocycles. The third kappa shape index (κ3) is 3.71. The SMILES string of the molecule is Cc1ccc(CNC(=O)c2ccc(CN3C(=O)CCC3=O)cc2)s1. The number of carbonyl (C=O) groups excluding carboxylic acids is 3. The van der Waals surface area contributed by atoms with Crippen molar-refractivity contribution in [1.29, 1.82) is 0 Å². The molecule has 2 heterocycles. The first-order valence-electron chi connectivity index (χ1n) is 7.78. The molecular formula is C18H18N2O3S. The van der Waals surface area contributed by atoms with Crippen LogP contribution < -0.4 is 5.32 Å². The summed E-state index contributed by atoms with van der Waals surface area (Å²) in [6.45, 7) is 2.81. The van der Waals surface area contributed by atoms with Gasteiger partial charge < -0.3 is 5.32 Å². The summed E-state index contributed by atoms with van der Waals surface area (Å²) in [6.07, 6.45) is 0.586. The number of aryl methyl sites for hydroxylation is 1. The van der Waals surface area contributed by atoms with Crippen molar-refractivity contribution in [1.82, 2.24) is 10.2 Å². The third-order valence-corrected chi connectivity index (χ3v) is 4.93. The van der Waals surface area contributed by atoms with Crippen molar-refractivity contribution < 1.29 is 14.4 Å². The molecule has 0 saturated carbocycles. The molecule has 124 valence electrons. The van der Waals surface area contributed by atoms with Crippen molar-refractivity contribution in [2.45, 2.75) is 32.9 Å². The Labute approximate surface area is 144 Å². The molecule has 0 bridgehead atoms. The van der Waals surface area contributed by atoms with Crippen LogP contribution in [0.3, 0.4) is 0 Å². The Bertz CT molecular complexity index is 764. The maximum absolute atomic E-state index is 12.2. The van der Waals surface area contributed by atoms with Gasteiger partial charge in [-0.25, -0.2) is 0 Å². The van der Waals surface area contributed by atoms with E-state index in [4.69, 9.17) is 0 Å². The van der Waals surface area contributed by atoms with Gasteiger partial charge >= 0.3 is 0 Å². The smallest absolute Gasteiger partial charge is 0.251 e. The highest BCUT2D eigenvalue weighted by atomic mass is 32.1. The second-order valence-electron chi connectivity index (χ2n) is 5.77. The van der Waals surface area contributed by atoms with Crippen molar-refractivity contribution in [3.05, 3.63) is 57.3 Å². The van der Waals surface area contributed by atoms with Crippen LogP contribution in [0.5, 0.6) is 0 Å². The Hall–Kier alpha value is -2.47. The van der Waals surface area contributed by atoms with E-state index in [1.165, 1.54) is 9.78 Å². The van der Waals surface area contributed by atoms with Crippen LogP contribution >= 0.6 is 11.3 Å². The zero-order chi connectivity index (χ0) is 17.1. The van der Waals surface area contributed by atoms with Gasteiger partial charge in [0.15, 0.2) is 0 Å². The van der Waals surface area contributed by atoms with E-state index in [-0.39, 0.29) is 24.3 Å². The minimum absolute atomic E-state index is 0.131. The largest absolute Gasteiger partial charge is 0.347 e. The van der Waals surface area contributed by atoms with Crippen molar-refractivity contribution in [2.24, 2.45) is 0 Å². The van der Waals surface area contributed by atoms with Gasteiger partial charge in [0.1, 0.15) is 0 Å². The van der Waals surface area contributed by atoms with Crippen molar-refractivity contribution in [3.63, 3.8) is 0 Å². The van der Waals surface area contributed by atoms with E-state index in [0.29, 0.717) is 24.9 Å². The Kier molecular flexibility index (Phi) is 4.76. The lowest BCUT2D eigenvalue weighted by Gasteiger charge is -2.13. The minimum Gasteiger partial charge on any atom is -0.347 e. The Morgan fingerprint density at radius 1 is 1.08 bits per heavy atom. The van der Waals surface area contributed by atoms with Crippen molar-refractivity contribution >= 4 is 29.1 Å². The number of thiophene rings is 1. The lowest BCUT2D eigenvalue weighted by Crippen LogP contribution is -2.28. The fourth-order valence-electron chi connectivity index (χ4n) is 2.59. The number of likely N-dealkylation sites (tertiary alicyclic amines) is 1. The van der Waals surface area contributed by atoms with E-state index in [9.17, 15) is 14.4 Å². The van der Waals surface area contributed by atoms with E-state index in [0.717, 1.165) is 10.4 Å². The summed E-state index contributed by atoms with van der Waals surface area (Å²) in [5, 5.41) is 2.89. The molecule has 5 nitrogen and oxygen atoms in total. The molecule has 0 spiro atoms. The summed E-state index contributed by atoms with van der Waals surface area (Å²) in [5.74, 6) is -0.401.